The summed E-state index contributed by atoms with van der Waals surface area (Å²) in [5, 5.41) is 3.04. The van der Waals surface area contributed by atoms with Crippen molar-refractivity contribution in [2.24, 2.45) is 0 Å². The van der Waals surface area contributed by atoms with Gasteiger partial charge in [-0.15, -0.1) is 0 Å². The first kappa shape index (κ1) is 22.9. The van der Waals surface area contributed by atoms with Crippen molar-refractivity contribution in [2.75, 3.05) is 10.8 Å². The second-order valence-corrected chi connectivity index (χ2v) is 10.2. The third-order valence-electron chi connectivity index (χ3n) is 5.84. The number of benzene rings is 3. The number of hydrogen-bond donors (Lipinski definition) is 1. The number of nitrogens with one attached hydrogen (secondary N) is 1. The highest BCUT2D eigenvalue weighted by atomic mass is 32.2. The molecule has 6 nitrogen and oxygen atoms in total. The van der Waals surface area contributed by atoms with Crippen LogP contribution in [0.25, 0.3) is 0 Å². The van der Waals surface area contributed by atoms with E-state index in [9.17, 15) is 13.2 Å². The maximum Gasteiger partial charge on any atom is 0.264 e. The molecule has 1 heterocycles. The minimum absolute atomic E-state index is 0.108. The summed E-state index contributed by atoms with van der Waals surface area (Å²) in [7, 11) is -3.88. The molecule has 0 radical (unpaired) electrons. The molecule has 172 valence electrons. The van der Waals surface area contributed by atoms with Crippen molar-refractivity contribution < 1.29 is 17.9 Å². The Hall–Kier alpha value is -3.32. The first-order valence-electron chi connectivity index (χ1n) is 11.0. The van der Waals surface area contributed by atoms with Gasteiger partial charge in [0.15, 0.2) is 6.10 Å². The van der Waals surface area contributed by atoms with Crippen LogP contribution in [0.2, 0.25) is 0 Å². The Labute approximate surface area is 195 Å². The van der Waals surface area contributed by atoms with Crippen LogP contribution in [0, 0.1) is 13.8 Å². The third kappa shape index (κ3) is 4.73. The van der Waals surface area contributed by atoms with Crippen LogP contribution in [0.1, 0.15) is 36.1 Å². The van der Waals surface area contributed by atoms with Gasteiger partial charge in [0.05, 0.1) is 23.2 Å². The van der Waals surface area contributed by atoms with E-state index in [2.05, 4.69) is 5.32 Å². The van der Waals surface area contributed by atoms with Crippen LogP contribution >= 0.6 is 0 Å². The van der Waals surface area contributed by atoms with Gasteiger partial charge < -0.3 is 10.1 Å². The first-order valence-corrected chi connectivity index (χ1v) is 12.5. The van der Waals surface area contributed by atoms with Crippen molar-refractivity contribution in [1.29, 1.82) is 0 Å². The van der Waals surface area contributed by atoms with Gasteiger partial charge in [0.2, 0.25) is 0 Å². The Morgan fingerprint density at radius 3 is 2.24 bits per heavy atom. The second kappa shape index (κ2) is 9.27. The lowest BCUT2D eigenvalue weighted by Crippen LogP contribution is -2.51. The number of rotatable bonds is 6. The largest absolute Gasteiger partial charge is 0.476 e. The molecule has 0 saturated carbocycles. The van der Waals surface area contributed by atoms with Crippen molar-refractivity contribution in [1.82, 2.24) is 5.32 Å². The van der Waals surface area contributed by atoms with Gasteiger partial charge in [-0.2, -0.15) is 0 Å². The molecule has 33 heavy (non-hydrogen) atoms. The summed E-state index contributed by atoms with van der Waals surface area (Å²) in [6.07, 6.45) is -0.275. The summed E-state index contributed by atoms with van der Waals surface area (Å²) in [6, 6.07) is 21.4. The number of carbonyl (C=O) groups is 1. The van der Waals surface area contributed by atoms with Crippen LogP contribution in [0.3, 0.4) is 0 Å². The number of ether oxygens (including phenoxy) is 1. The molecule has 0 saturated heterocycles. The summed E-state index contributed by atoms with van der Waals surface area (Å²) >= 11 is 0. The molecule has 1 aliphatic rings. The van der Waals surface area contributed by atoms with Crippen molar-refractivity contribution in [3.05, 3.63) is 89.5 Å². The molecule has 2 atom stereocenters. The standard InChI is InChI=1S/C26H28N2O4S/c1-4-22(20-13-9-18(2)10-14-20)27-26(29)25-17-28(23-7-5-6-8-24(23)32-25)33(30,31)21-15-11-19(3)12-16-21/h5-16,22,25H,4,17H2,1-3H3,(H,27,29)/t22-,25+/m0/s1. The highest BCUT2D eigenvalue weighted by Gasteiger charge is 2.37. The van der Waals surface area contributed by atoms with Crippen LogP contribution in [0.4, 0.5) is 5.69 Å². The average Bonchev–Trinajstić information content (AvgIpc) is 2.82. The fraction of sp³-hybridized carbons (Fsp3) is 0.269. The summed E-state index contributed by atoms with van der Waals surface area (Å²) in [6.45, 7) is 5.80. The van der Waals surface area contributed by atoms with E-state index in [0.29, 0.717) is 17.9 Å². The van der Waals surface area contributed by atoms with Crippen LogP contribution in [-0.2, 0) is 14.8 Å². The highest BCUT2D eigenvalue weighted by molar-refractivity contribution is 7.92. The Bertz CT molecular complexity index is 1240. The van der Waals surface area contributed by atoms with Crippen molar-refractivity contribution in [3.8, 4) is 5.75 Å². The number of amides is 1. The van der Waals surface area contributed by atoms with E-state index < -0.39 is 16.1 Å². The molecule has 4 rings (SSSR count). The molecule has 1 amide bonds. The summed E-state index contributed by atoms with van der Waals surface area (Å²) in [5.74, 6) is 0.0176. The van der Waals surface area contributed by atoms with E-state index in [1.165, 1.54) is 4.31 Å². The zero-order valence-electron chi connectivity index (χ0n) is 19.0. The van der Waals surface area contributed by atoms with Gasteiger partial charge in [0.25, 0.3) is 15.9 Å². The number of aryl methyl sites for hydroxylation is 2. The Morgan fingerprint density at radius 1 is 1.00 bits per heavy atom. The van der Waals surface area contributed by atoms with E-state index in [1.54, 1.807) is 48.5 Å². The molecule has 0 aromatic heterocycles. The maximum absolute atomic E-state index is 13.5. The van der Waals surface area contributed by atoms with Crippen LogP contribution in [0.5, 0.6) is 5.75 Å². The van der Waals surface area contributed by atoms with Crippen LogP contribution < -0.4 is 14.4 Å². The topological polar surface area (TPSA) is 75.7 Å². The van der Waals surface area contributed by atoms with Gasteiger partial charge in [-0.3, -0.25) is 9.10 Å². The second-order valence-electron chi connectivity index (χ2n) is 8.30. The molecule has 3 aromatic carbocycles. The summed E-state index contributed by atoms with van der Waals surface area (Å²) < 4.78 is 34.2. The Kier molecular flexibility index (Phi) is 6.42. The molecular weight excluding hydrogens is 436 g/mol. The Balaban J connectivity index is 1.62. The molecule has 0 bridgehead atoms. The lowest BCUT2D eigenvalue weighted by molar-refractivity contribution is -0.128. The fourth-order valence-corrected chi connectivity index (χ4v) is 5.36. The van der Waals surface area contributed by atoms with Crippen LogP contribution in [-0.4, -0.2) is 27.0 Å². The SMILES string of the molecule is CC[C@H](NC(=O)[C@H]1CN(S(=O)(=O)c2ccc(C)cc2)c2ccccc2O1)c1ccc(C)cc1. The molecule has 7 heteroatoms. The van der Waals surface area contributed by atoms with Gasteiger partial charge in [0, 0.05) is 0 Å². The number of sulfonamides is 1. The zero-order valence-corrected chi connectivity index (χ0v) is 19.8. The molecule has 0 aliphatic carbocycles. The van der Waals surface area contributed by atoms with Crippen molar-refractivity contribution in [2.45, 2.75) is 44.2 Å². The van der Waals surface area contributed by atoms with Gasteiger partial charge in [-0.25, -0.2) is 8.42 Å². The summed E-state index contributed by atoms with van der Waals surface area (Å²) in [4.78, 5) is 13.4. The number of fused-ring (bicyclic) bond motifs is 1. The molecule has 3 aromatic rings. The molecule has 0 fully saturated rings. The highest BCUT2D eigenvalue weighted by Crippen LogP contribution is 2.37. The number of carbonyl (C=O) groups excluding carboxylic acids is 1. The van der Waals surface area contributed by atoms with E-state index in [4.69, 9.17) is 4.74 Å². The molecule has 0 unspecified atom stereocenters. The quantitative estimate of drug-likeness (QED) is 0.582. The third-order valence-corrected chi connectivity index (χ3v) is 7.63. The monoisotopic (exact) mass is 464 g/mol. The maximum atomic E-state index is 13.5. The lowest BCUT2D eigenvalue weighted by Gasteiger charge is -2.35. The van der Waals surface area contributed by atoms with Crippen molar-refractivity contribution >= 4 is 21.6 Å². The minimum Gasteiger partial charge on any atom is -0.476 e. The van der Waals surface area contributed by atoms with E-state index >= 15 is 0 Å². The number of nitrogens with zero attached hydrogens (tertiary/aromatic N) is 1. The van der Waals surface area contributed by atoms with Crippen LogP contribution in [0.15, 0.2) is 77.7 Å². The number of para-hydroxylation sites is 2. The normalized spacial score (nSPS) is 16.5. The minimum atomic E-state index is -3.88. The first-order chi connectivity index (χ1) is 15.8. The van der Waals surface area contributed by atoms with E-state index in [1.807, 2.05) is 45.0 Å². The van der Waals surface area contributed by atoms with Gasteiger partial charge in [0.1, 0.15) is 5.75 Å². The molecule has 0 spiro atoms. The van der Waals surface area contributed by atoms with E-state index in [-0.39, 0.29) is 23.4 Å². The van der Waals surface area contributed by atoms with E-state index in [0.717, 1.165) is 16.7 Å². The zero-order chi connectivity index (χ0) is 23.6. The fourth-order valence-electron chi connectivity index (χ4n) is 3.89. The molecule has 1 aliphatic heterocycles. The molecular formula is C26H28N2O4S. The predicted octanol–water partition coefficient (Wildman–Crippen LogP) is 4.53. The Morgan fingerprint density at radius 2 is 1.61 bits per heavy atom. The summed E-state index contributed by atoms with van der Waals surface area (Å²) in [5.41, 5.74) is 3.53. The van der Waals surface area contributed by atoms with Gasteiger partial charge in [-0.1, -0.05) is 66.6 Å². The lowest BCUT2D eigenvalue weighted by atomic mass is 10.0. The number of anilines is 1. The molecule has 1 N–H and O–H groups in total. The smallest absolute Gasteiger partial charge is 0.264 e. The van der Waals surface area contributed by atoms with Crippen molar-refractivity contribution in [3.63, 3.8) is 0 Å². The predicted molar refractivity (Wildman–Crippen MR) is 129 cm³/mol. The van der Waals surface area contributed by atoms with Gasteiger partial charge >= 0.3 is 0 Å². The van der Waals surface area contributed by atoms with Gasteiger partial charge in [-0.05, 0) is 50.1 Å². The number of hydrogen-bond acceptors (Lipinski definition) is 4. The average molecular weight is 465 g/mol.